The van der Waals surface area contributed by atoms with E-state index < -0.39 is 5.56 Å². The van der Waals surface area contributed by atoms with Gasteiger partial charge in [-0.15, -0.1) is 10.2 Å². The Morgan fingerprint density at radius 1 is 1.39 bits per heavy atom. The van der Waals surface area contributed by atoms with Gasteiger partial charge in [-0.25, -0.2) is 4.68 Å². The molecule has 0 amide bonds. The van der Waals surface area contributed by atoms with E-state index >= 15 is 0 Å². The second-order valence-electron chi connectivity index (χ2n) is 3.73. The van der Waals surface area contributed by atoms with Crippen LogP contribution in [0.15, 0.2) is 25.6 Å². The predicted molar refractivity (Wildman–Crippen MR) is 62.4 cm³/mol. The fourth-order valence-electron chi connectivity index (χ4n) is 1.39. The van der Waals surface area contributed by atoms with Crippen molar-refractivity contribution in [3.63, 3.8) is 0 Å². The summed E-state index contributed by atoms with van der Waals surface area (Å²) in [5.74, 6) is 0.691. The second kappa shape index (κ2) is 4.47. The van der Waals surface area contributed by atoms with Crippen LogP contribution in [0.25, 0.3) is 0 Å². The van der Waals surface area contributed by atoms with Gasteiger partial charge in [-0.1, -0.05) is 12.1 Å². The van der Waals surface area contributed by atoms with Crippen LogP contribution in [0.3, 0.4) is 0 Å². The van der Waals surface area contributed by atoms with Gasteiger partial charge in [0.05, 0.1) is 0 Å². The van der Waals surface area contributed by atoms with Crippen molar-refractivity contribution in [3.05, 3.63) is 22.2 Å². The molecular weight excluding hydrogens is 238 g/mol. The minimum atomic E-state index is -0.432. The van der Waals surface area contributed by atoms with E-state index in [2.05, 4.69) is 15.4 Å². The maximum absolute atomic E-state index is 11.7. The summed E-state index contributed by atoms with van der Waals surface area (Å²) in [6, 6.07) is 1.62. The summed E-state index contributed by atoms with van der Waals surface area (Å²) in [6.07, 6.45) is 0.695. The molecule has 2 aromatic heterocycles. The molecule has 0 unspecified atom stereocenters. The van der Waals surface area contributed by atoms with Crippen LogP contribution in [0.2, 0.25) is 0 Å². The molecule has 2 rings (SSSR count). The third-order valence-corrected chi connectivity index (χ3v) is 2.61. The van der Waals surface area contributed by atoms with Gasteiger partial charge >= 0.3 is 0 Å². The molecule has 0 spiro atoms. The van der Waals surface area contributed by atoms with Gasteiger partial charge in [0.2, 0.25) is 17.4 Å². The number of hydrogen-bond acceptors (Lipinski definition) is 6. The first-order valence-corrected chi connectivity index (χ1v) is 5.36. The lowest BCUT2D eigenvalue weighted by Gasteiger charge is -1.97. The summed E-state index contributed by atoms with van der Waals surface area (Å²) in [5, 5.41) is 20.8. The van der Waals surface area contributed by atoms with E-state index in [0.717, 1.165) is 0 Å². The summed E-state index contributed by atoms with van der Waals surface area (Å²) in [5.41, 5.74) is -0.556. The molecular formula is C10H13N5O3. The molecule has 2 heterocycles. The Hall–Kier alpha value is -2.38. The molecule has 1 N–H and O–H groups in total. The lowest BCUT2D eigenvalue weighted by molar-refractivity contribution is 0.388. The molecule has 0 aliphatic heterocycles. The first-order valence-electron chi connectivity index (χ1n) is 5.36. The van der Waals surface area contributed by atoms with E-state index in [1.54, 1.807) is 13.1 Å². The average molecular weight is 251 g/mol. The minimum absolute atomic E-state index is 0.124. The smallest absolute Gasteiger partial charge is 0.298 e. The monoisotopic (exact) mass is 251 g/mol. The van der Waals surface area contributed by atoms with Crippen molar-refractivity contribution in [1.82, 2.24) is 14.5 Å². The number of aromatic nitrogens is 3. The highest BCUT2D eigenvalue weighted by Crippen LogP contribution is 2.23. The minimum Gasteiger partial charge on any atom is -0.492 e. The molecule has 8 nitrogen and oxygen atoms in total. The summed E-state index contributed by atoms with van der Waals surface area (Å²) in [6.45, 7) is 1.92. The predicted octanol–water partition coefficient (Wildman–Crippen LogP) is 1.40. The quantitative estimate of drug-likeness (QED) is 0.833. The SMILES string of the molecule is CCc1cc(N=Nc2c(O)n(C)n(C)c2=O)no1. The van der Waals surface area contributed by atoms with E-state index in [-0.39, 0.29) is 17.4 Å². The van der Waals surface area contributed by atoms with Crippen LogP contribution in [-0.4, -0.2) is 19.6 Å². The number of hydrogen-bond donors (Lipinski definition) is 1. The maximum Gasteiger partial charge on any atom is 0.298 e. The maximum atomic E-state index is 11.7. The zero-order chi connectivity index (χ0) is 13.3. The van der Waals surface area contributed by atoms with E-state index in [1.807, 2.05) is 6.92 Å². The molecule has 0 aliphatic carbocycles. The molecule has 0 bridgehead atoms. The van der Waals surface area contributed by atoms with Crippen molar-refractivity contribution in [2.75, 3.05) is 0 Å². The zero-order valence-electron chi connectivity index (χ0n) is 10.3. The van der Waals surface area contributed by atoms with Gasteiger partial charge in [0, 0.05) is 26.6 Å². The molecule has 96 valence electrons. The molecule has 2 aromatic rings. The van der Waals surface area contributed by atoms with Gasteiger partial charge in [0.15, 0.2) is 0 Å². The normalized spacial score (nSPS) is 11.5. The molecule has 0 saturated heterocycles. The molecule has 0 saturated carbocycles. The summed E-state index contributed by atoms with van der Waals surface area (Å²) >= 11 is 0. The first-order chi connectivity index (χ1) is 8.54. The van der Waals surface area contributed by atoms with E-state index in [4.69, 9.17) is 4.52 Å². The Morgan fingerprint density at radius 3 is 2.61 bits per heavy atom. The third kappa shape index (κ3) is 1.92. The van der Waals surface area contributed by atoms with Gasteiger partial charge < -0.3 is 9.63 Å². The topological polar surface area (TPSA) is 97.9 Å². The Labute approximate surface area is 102 Å². The molecule has 0 aromatic carbocycles. The number of aryl methyl sites for hydroxylation is 1. The van der Waals surface area contributed by atoms with Crippen molar-refractivity contribution >= 4 is 11.5 Å². The van der Waals surface area contributed by atoms with E-state index in [1.165, 1.54) is 16.4 Å². The van der Waals surface area contributed by atoms with Crippen molar-refractivity contribution in [2.24, 2.45) is 24.3 Å². The van der Waals surface area contributed by atoms with E-state index in [9.17, 15) is 9.90 Å². The number of azo groups is 1. The Bertz CT molecular complexity index is 649. The van der Waals surface area contributed by atoms with Crippen LogP contribution < -0.4 is 5.56 Å². The fourth-order valence-corrected chi connectivity index (χ4v) is 1.39. The van der Waals surface area contributed by atoms with Crippen molar-refractivity contribution < 1.29 is 9.63 Å². The number of rotatable bonds is 3. The molecule has 0 aliphatic rings. The van der Waals surface area contributed by atoms with Crippen LogP contribution in [0.4, 0.5) is 11.5 Å². The standard InChI is InChI=1S/C10H13N5O3/c1-4-6-5-7(13-18-6)11-12-8-9(16)14(2)15(3)10(8)17/h5,16H,4H2,1-3H3. The van der Waals surface area contributed by atoms with Crippen LogP contribution in [0, 0.1) is 0 Å². The van der Waals surface area contributed by atoms with Gasteiger partial charge in [0.1, 0.15) is 5.76 Å². The summed E-state index contributed by atoms with van der Waals surface area (Å²) in [7, 11) is 3.06. The Balaban J connectivity index is 2.34. The number of nitrogens with zero attached hydrogens (tertiary/aromatic N) is 5. The van der Waals surface area contributed by atoms with Gasteiger partial charge in [-0.05, 0) is 0 Å². The van der Waals surface area contributed by atoms with Crippen LogP contribution in [0.1, 0.15) is 12.7 Å². The largest absolute Gasteiger partial charge is 0.492 e. The van der Waals surface area contributed by atoms with Crippen LogP contribution in [-0.2, 0) is 20.5 Å². The summed E-state index contributed by atoms with van der Waals surface area (Å²) in [4.78, 5) is 11.7. The second-order valence-corrected chi connectivity index (χ2v) is 3.73. The third-order valence-electron chi connectivity index (χ3n) is 2.61. The van der Waals surface area contributed by atoms with Gasteiger partial charge in [-0.2, -0.15) is 0 Å². The Morgan fingerprint density at radius 2 is 2.11 bits per heavy atom. The zero-order valence-corrected chi connectivity index (χ0v) is 10.3. The van der Waals surface area contributed by atoms with Crippen molar-refractivity contribution in [3.8, 4) is 5.88 Å². The fraction of sp³-hybridized carbons (Fsp3) is 0.400. The molecule has 0 fully saturated rings. The lowest BCUT2D eigenvalue weighted by atomic mass is 10.4. The molecule has 18 heavy (non-hydrogen) atoms. The molecule has 0 atom stereocenters. The lowest BCUT2D eigenvalue weighted by Crippen LogP contribution is -2.16. The highest BCUT2D eigenvalue weighted by atomic mass is 16.5. The Kier molecular flexibility index (Phi) is 3.00. The van der Waals surface area contributed by atoms with Gasteiger partial charge in [-0.3, -0.25) is 9.48 Å². The molecule has 0 radical (unpaired) electrons. The van der Waals surface area contributed by atoms with Crippen molar-refractivity contribution in [1.29, 1.82) is 0 Å². The highest BCUT2D eigenvalue weighted by Gasteiger charge is 2.14. The van der Waals surface area contributed by atoms with Crippen LogP contribution >= 0.6 is 0 Å². The highest BCUT2D eigenvalue weighted by molar-refractivity contribution is 5.45. The summed E-state index contributed by atoms with van der Waals surface area (Å²) < 4.78 is 7.44. The number of aromatic hydroxyl groups is 1. The van der Waals surface area contributed by atoms with Crippen molar-refractivity contribution in [2.45, 2.75) is 13.3 Å². The van der Waals surface area contributed by atoms with E-state index in [0.29, 0.717) is 12.2 Å². The first kappa shape index (κ1) is 12.1. The average Bonchev–Trinajstić information content (AvgIpc) is 2.90. The van der Waals surface area contributed by atoms with Crippen LogP contribution in [0.5, 0.6) is 5.88 Å². The van der Waals surface area contributed by atoms with Gasteiger partial charge in [0.25, 0.3) is 5.56 Å². The molecule has 8 heteroatoms.